The van der Waals surface area contributed by atoms with E-state index in [1.54, 1.807) is 4.90 Å². The van der Waals surface area contributed by atoms with E-state index in [9.17, 15) is 14.4 Å². The Bertz CT molecular complexity index is 559. The van der Waals surface area contributed by atoms with E-state index in [-0.39, 0.29) is 31.9 Å². The minimum atomic E-state index is -0.994. The highest BCUT2D eigenvalue weighted by Crippen LogP contribution is 2.02. The molecule has 0 aliphatic carbocycles. The monoisotopic (exact) mass is 349 g/mol. The molecule has 0 radical (unpaired) electrons. The van der Waals surface area contributed by atoms with E-state index in [1.807, 2.05) is 44.2 Å². The van der Waals surface area contributed by atoms with Crippen LogP contribution >= 0.6 is 0 Å². The number of hydrogen-bond donors (Lipinski definition) is 2. The van der Waals surface area contributed by atoms with E-state index in [1.165, 1.54) is 0 Å². The first-order valence-corrected chi connectivity index (χ1v) is 8.48. The number of amides is 2. The second-order valence-corrected chi connectivity index (χ2v) is 5.56. The second-order valence-electron chi connectivity index (χ2n) is 5.56. The molecular weight excluding hydrogens is 322 g/mol. The summed E-state index contributed by atoms with van der Waals surface area (Å²) in [6, 6.07) is 8.26. The van der Waals surface area contributed by atoms with Crippen LogP contribution in [0, 0.1) is 0 Å². The molecule has 0 aromatic heterocycles. The molecule has 25 heavy (non-hydrogen) atoms. The third-order valence-electron chi connectivity index (χ3n) is 3.72. The Morgan fingerprint density at radius 2 is 1.80 bits per heavy atom. The molecule has 7 heteroatoms. The lowest BCUT2D eigenvalue weighted by Gasteiger charge is -2.19. The van der Waals surface area contributed by atoms with Crippen LogP contribution in [-0.4, -0.2) is 48.4 Å². The summed E-state index contributed by atoms with van der Waals surface area (Å²) in [6.45, 7) is 5.41. The summed E-state index contributed by atoms with van der Waals surface area (Å²) < 4.78 is 5.09. The van der Waals surface area contributed by atoms with Gasteiger partial charge < -0.3 is 20.7 Å². The van der Waals surface area contributed by atoms with Crippen molar-refractivity contribution in [2.24, 2.45) is 5.73 Å². The van der Waals surface area contributed by atoms with E-state index in [2.05, 4.69) is 5.32 Å². The van der Waals surface area contributed by atoms with Crippen molar-refractivity contribution in [2.45, 2.75) is 39.3 Å². The normalized spacial score (nSPS) is 11.5. The van der Waals surface area contributed by atoms with Gasteiger partial charge in [0.15, 0.2) is 0 Å². The highest BCUT2D eigenvalue weighted by molar-refractivity contribution is 5.86. The van der Waals surface area contributed by atoms with E-state index >= 15 is 0 Å². The zero-order valence-electron chi connectivity index (χ0n) is 14.9. The summed E-state index contributed by atoms with van der Waals surface area (Å²) >= 11 is 0. The van der Waals surface area contributed by atoms with E-state index in [0.717, 1.165) is 5.56 Å². The Balaban J connectivity index is 2.26. The van der Waals surface area contributed by atoms with Gasteiger partial charge in [-0.3, -0.25) is 14.4 Å². The van der Waals surface area contributed by atoms with Crippen molar-refractivity contribution in [2.75, 3.05) is 19.6 Å². The van der Waals surface area contributed by atoms with Crippen LogP contribution in [0.15, 0.2) is 30.3 Å². The third kappa shape index (κ3) is 7.80. The molecule has 0 spiro atoms. The molecule has 1 aromatic rings. The number of nitrogens with one attached hydrogen (secondary N) is 1. The molecule has 1 aromatic carbocycles. The summed E-state index contributed by atoms with van der Waals surface area (Å²) in [5, 5.41) is 2.58. The number of rotatable bonds is 10. The standard InChI is InChI=1S/C18H27N3O4/c1-3-21(4-2)16(22)10-11-20-18(24)15(19)12-17(23)25-13-14-8-6-5-7-9-14/h5-9,15H,3-4,10-13,19H2,1-2H3,(H,20,24)/t15-/m0/s1. The Kier molecular flexibility index (Phi) is 9.24. The molecule has 138 valence electrons. The topological polar surface area (TPSA) is 102 Å². The van der Waals surface area contributed by atoms with Crippen molar-refractivity contribution < 1.29 is 19.1 Å². The molecule has 0 bridgehead atoms. The fourth-order valence-electron chi connectivity index (χ4n) is 2.23. The van der Waals surface area contributed by atoms with Crippen LogP contribution in [0.2, 0.25) is 0 Å². The van der Waals surface area contributed by atoms with Gasteiger partial charge in [-0.05, 0) is 19.4 Å². The SMILES string of the molecule is CCN(CC)C(=O)CCNC(=O)[C@@H](N)CC(=O)OCc1ccccc1. The molecule has 3 N–H and O–H groups in total. The lowest BCUT2D eigenvalue weighted by molar-refractivity contribution is -0.146. The number of benzene rings is 1. The quantitative estimate of drug-likeness (QED) is 0.609. The highest BCUT2D eigenvalue weighted by Gasteiger charge is 2.19. The lowest BCUT2D eigenvalue weighted by atomic mass is 10.2. The summed E-state index contributed by atoms with van der Waals surface area (Å²) in [6.07, 6.45) is 0.00124. The van der Waals surface area contributed by atoms with E-state index in [0.29, 0.717) is 13.1 Å². The number of nitrogens with two attached hydrogens (primary N) is 1. The smallest absolute Gasteiger partial charge is 0.308 e. The van der Waals surface area contributed by atoms with Gasteiger partial charge in [-0.2, -0.15) is 0 Å². The molecule has 7 nitrogen and oxygen atoms in total. The first-order valence-electron chi connectivity index (χ1n) is 8.48. The molecule has 0 saturated heterocycles. The van der Waals surface area contributed by atoms with Crippen LogP contribution in [0.5, 0.6) is 0 Å². The van der Waals surface area contributed by atoms with Crippen LogP contribution in [-0.2, 0) is 25.7 Å². The van der Waals surface area contributed by atoms with Crippen molar-refractivity contribution in [3.05, 3.63) is 35.9 Å². The summed E-state index contributed by atoms with van der Waals surface area (Å²) in [4.78, 5) is 37.1. The second kappa shape index (κ2) is 11.2. The van der Waals surface area contributed by atoms with Gasteiger partial charge in [0.1, 0.15) is 6.61 Å². The maximum Gasteiger partial charge on any atom is 0.308 e. The first kappa shape index (κ1) is 20.6. The number of hydrogen-bond acceptors (Lipinski definition) is 5. The zero-order valence-corrected chi connectivity index (χ0v) is 14.9. The molecule has 0 fully saturated rings. The minimum Gasteiger partial charge on any atom is -0.461 e. The summed E-state index contributed by atoms with van der Waals surface area (Å²) in [5.41, 5.74) is 6.57. The Morgan fingerprint density at radius 1 is 1.16 bits per heavy atom. The number of ether oxygens (including phenoxy) is 1. The van der Waals surface area contributed by atoms with Crippen LogP contribution in [0.1, 0.15) is 32.3 Å². The van der Waals surface area contributed by atoms with Crippen molar-refractivity contribution in [3.8, 4) is 0 Å². The van der Waals surface area contributed by atoms with Gasteiger partial charge in [-0.25, -0.2) is 0 Å². The Labute approximate surface area is 148 Å². The van der Waals surface area contributed by atoms with E-state index in [4.69, 9.17) is 10.5 Å². The van der Waals surface area contributed by atoms with Gasteiger partial charge in [0.25, 0.3) is 0 Å². The molecule has 1 atom stereocenters. The average molecular weight is 349 g/mol. The van der Waals surface area contributed by atoms with Crippen molar-refractivity contribution in [3.63, 3.8) is 0 Å². The molecule has 0 aliphatic rings. The molecule has 0 saturated carbocycles. The highest BCUT2D eigenvalue weighted by atomic mass is 16.5. The average Bonchev–Trinajstić information content (AvgIpc) is 2.61. The van der Waals surface area contributed by atoms with Gasteiger partial charge in [-0.1, -0.05) is 30.3 Å². The number of carbonyl (C=O) groups excluding carboxylic acids is 3. The van der Waals surface area contributed by atoms with Crippen molar-refractivity contribution >= 4 is 17.8 Å². The van der Waals surface area contributed by atoms with Crippen LogP contribution < -0.4 is 11.1 Å². The Morgan fingerprint density at radius 3 is 2.40 bits per heavy atom. The molecular formula is C18H27N3O4. The molecule has 0 heterocycles. The van der Waals surface area contributed by atoms with Gasteiger partial charge in [-0.15, -0.1) is 0 Å². The number of esters is 1. The first-order chi connectivity index (χ1) is 12.0. The fourth-order valence-corrected chi connectivity index (χ4v) is 2.23. The van der Waals surface area contributed by atoms with Gasteiger partial charge >= 0.3 is 5.97 Å². The van der Waals surface area contributed by atoms with Crippen LogP contribution in [0.25, 0.3) is 0 Å². The van der Waals surface area contributed by atoms with Gasteiger partial charge in [0.2, 0.25) is 11.8 Å². The maximum atomic E-state index is 11.9. The lowest BCUT2D eigenvalue weighted by Crippen LogP contribution is -2.43. The molecule has 2 amide bonds. The van der Waals surface area contributed by atoms with Gasteiger partial charge in [0.05, 0.1) is 12.5 Å². The van der Waals surface area contributed by atoms with Crippen LogP contribution in [0.3, 0.4) is 0 Å². The zero-order chi connectivity index (χ0) is 18.7. The third-order valence-corrected chi connectivity index (χ3v) is 3.72. The van der Waals surface area contributed by atoms with Crippen LogP contribution in [0.4, 0.5) is 0 Å². The molecule has 1 rings (SSSR count). The predicted molar refractivity (Wildman–Crippen MR) is 94.4 cm³/mol. The summed E-state index contributed by atoms with van der Waals surface area (Å²) in [7, 11) is 0. The van der Waals surface area contributed by atoms with Crippen molar-refractivity contribution in [1.82, 2.24) is 10.2 Å². The number of carbonyl (C=O) groups is 3. The van der Waals surface area contributed by atoms with E-state index < -0.39 is 17.9 Å². The van der Waals surface area contributed by atoms with Gasteiger partial charge in [0, 0.05) is 26.1 Å². The minimum absolute atomic E-state index is 0.0267. The largest absolute Gasteiger partial charge is 0.461 e. The molecule has 0 unspecified atom stereocenters. The summed E-state index contributed by atoms with van der Waals surface area (Å²) in [5.74, 6) is -1.03. The number of nitrogens with zero attached hydrogens (tertiary/aromatic N) is 1. The Hall–Kier alpha value is -2.41. The fraction of sp³-hybridized carbons (Fsp3) is 0.500. The van der Waals surface area contributed by atoms with Crippen molar-refractivity contribution in [1.29, 1.82) is 0 Å². The predicted octanol–water partition coefficient (Wildman–Crippen LogP) is 0.822. The maximum absolute atomic E-state index is 11.9. The molecule has 0 aliphatic heterocycles.